The highest BCUT2D eigenvalue weighted by atomic mass is 13.9. The second-order valence-corrected chi connectivity index (χ2v) is 3.19. The number of hydrogen-bond donors (Lipinski definition) is 0. The van der Waals surface area contributed by atoms with Crippen LogP contribution in [0.15, 0.2) is 66.4 Å². The van der Waals surface area contributed by atoms with Crippen LogP contribution < -0.4 is 0 Å². The fourth-order valence-corrected chi connectivity index (χ4v) is 1.27. The van der Waals surface area contributed by atoms with Crippen molar-refractivity contribution in [1.82, 2.24) is 0 Å². The van der Waals surface area contributed by atoms with Gasteiger partial charge in [0, 0.05) is 6.08 Å². The van der Waals surface area contributed by atoms with Gasteiger partial charge in [0.1, 0.15) is 0 Å². The first-order valence-corrected chi connectivity index (χ1v) is 4.90. The van der Waals surface area contributed by atoms with Gasteiger partial charge in [0.15, 0.2) is 0 Å². The predicted molar refractivity (Wildman–Crippen MR) is 63.2 cm³/mol. The molecule has 0 fully saturated rings. The Labute approximate surface area is 90.2 Å². The van der Waals surface area contributed by atoms with Crippen molar-refractivity contribution in [3.8, 4) is 0 Å². The minimum atomic E-state index is 1.05. The zero-order valence-corrected chi connectivity index (χ0v) is 8.35. The van der Waals surface area contributed by atoms with Crippen LogP contribution in [0.1, 0.15) is 11.1 Å². The fourth-order valence-electron chi connectivity index (χ4n) is 1.27. The fraction of sp³-hybridized carbons (Fsp3) is 0. The first kappa shape index (κ1) is 9.51. The van der Waals surface area contributed by atoms with Crippen LogP contribution >= 0.6 is 0 Å². The molecule has 2 rings (SSSR count). The highest BCUT2D eigenvalue weighted by Gasteiger charge is 1.82. The van der Waals surface area contributed by atoms with Gasteiger partial charge in [-0.15, -0.1) is 5.73 Å². The highest BCUT2D eigenvalue weighted by Crippen LogP contribution is 2.01. The van der Waals surface area contributed by atoms with Gasteiger partial charge in [-0.1, -0.05) is 60.7 Å². The molecule has 0 heteroatoms. The normalized spacial score (nSPS) is 9.07. The van der Waals surface area contributed by atoms with Gasteiger partial charge in [-0.05, 0) is 17.2 Å². The quantitative estimate of drug-likeness (QED) is 0.635. The Morgan fingerprint density at radius 2 is 1.33 bits per heavy atom. The first-order chi connectivity index (χ1) is 7.45. The van der Waals surface area contributed by atoms with E-state index < -0.39 is 0 Å². The van der Waals surface area contributed by atoms with Crippen LogP contribution in [-0.4, -0.2) is 0 Å². The maximum absolute atomic E-state index is 3.09. The minimum absolute atomic E-state index is 1.05. The van der Waals surface area contributed by atoms with Gasteiger partial charge in [-0.2, -0.15) is 0 Å². The van der Waals surface area contributed by atoms with E-state index in [1.165, 1.54) is 0 Å². The summed E-state index contributed by atoms with van der Waals surface area (Å²) in [6.07, 6.45) is 5.01. The molecule has 2 aromatic carbocycles. The van der Waals surface area contributed by atoms with Gasteiger partial charge < -0.3 is 0 Å². The smallest absolute Gasteiger partial charge is 0.0393 e. The third-order valence-corrected chi connectivity index (χ3v) is 2.03. The van der Waals surface area contributed by atoms with E-state index in [0.29, 0.717) is 0 Å². The Balaban J connectivity index is 2.16. The lowest BCUT2D eigenvalue weighted by Gasteiger charge is -1.88. The summed E-state index contributed by atoms with van der Waals surface area (Å²) in [5.41, 5.74) is 5.23. The summed E-state index contributed by atoms with van der Waals surface area (Å²) >= 11 is 0. The maximum atomic E-state index is 3.09. The molecule has 0 heterocycles. The minimum Gasteiger partial charge on any atom is -0.110 e. The number of benzene rings is 2. The Kier molecular flexibility index (Phi) is 3.17. The molecule has 0 aliphatic carbocycles. The molecule has 0 N–H and O–H groups in total. The van der Waals surface area contributed by atoms with Crippen molar-refractivity contribution in [3.05, 3.63) is 83.6 Å². The predicted octanol–water partition coefficient (Wildman–Crippen LogP) is 3.71. The summed E-state index contributed by atoms with van der Waals surface area (Å²) < 4.78 is 0. The van der Waals surface area contributed by atoms with Crippen molar-refractivity contribution in [2.45, 2.75) is 0 Å². The molecular formula is C15H11. The van der Waals surface area contributed by atoms with Crippen LogP contribution in [0.5, 0.6) is 0 Å². The molecule has 0 saturated carbocycles. The van der Waals surface area contributed by atoms with E-state index in [2.05, 4.69) is 11.8 Å². The largest absolute Gasteiger partial charge is 0.110 e. The van der Waals surface area contributed by atoms with Crippen LogP contribution in [0.25, 0.3) is 6.08 Å². The van der Waals surface area contributed by atoms with Crippen molar-refractivity contribution in [1.29, 1.82) is 0 Å². The van der Waals surface area contributed by atoms with E-state index in [-0.39, 0.29) is 0 Å². The molecule has 0 atom stereocenters. The molecule has 0 aliphatic heterocycles. The summed E-state index contributed by atoms with van der Waals surface area (Å²) in [6, 6.07) is 20.1. The third kappa shape index (κ3) is 2.98. The highest BCUT2D eigenvalue weighted by molar-refractivity contribution is 5.48. The monoisotopic (exact) mass is 191 g/mol. The van der Waals surface area contributed by atoms with Crippen molar-refractivity contribution >= 4 is 6.08 Å². The molecule has 71 valence electrons. The first-order valence-electron chi connectivity index (χ1n) is 4.90. The lowest BCUT2D eigenvalue weighted by molar-refractivity contribution is 1.58. The second-order valence-electron chi connectivity index (χ2n) is 3.19. The molecule has 1 radical (unpaired) electrons. The Bertz CT molecular complexity index is 416. The molecule has 0 bridgehead atoms. The zero-order chi connectivity index (χ0) is 10.3. The molecule has 0 saturated heterocycles. The summed E-state index contributed by atoms with van der Waals surface area (Å²) in [7, 11) is 0. The van der Waals surface area contributed by atoms with E-state index >= 15 is 0 Å². The van der Waals surface area contributed by atoms with E-state index in [4.69, 9.17) is 0 Å². The topological polar surface area (TPSA) is 0 Å². The van der Waals surface area contributed by atoms with Gasteiger partial charge >= 0.3 is 0 Å². The zero-order valence-electron chi connectivity index (χ0n) is 8.35. The van der Waals surface area contributed by atoms with Crippen molar-refractivity contribution < 1.29 is 0 Å². The average Bonchev–Trinajstić information content (AvgIpc) is 2.32. The number of rotatable bonds is 2. The maximum Gasteiger partial charge on any atom is 0.0393 e. The molecule has 0 aliphatic rings. The van der Waals surface area contributed by atoms with Crippen LogP contribution in [-0.2, 0) is 0 Å². The third-order valence-electron chi connectivity index (χ3n) is 2.03. The molecule has 2 aromatic rings. The summed E-state index contributed by atoms with van der Waals surface area (Å²) in [4.78, 5) is 0. The second kappa shape index (κ2) is 4.99. The Morgan fingerprint density at radius 1 is 0.733 bits per heavy atom. The molecular weight excluding hydrogens is 180 g/mol. The van der Waals surface area contributed by atoms with Crippen LogP contribution in [0.4, 0.5) is 0 Å². The Morgan fingerprint density at radius 3 is 2.00 bits per heavy atom. The van der Waals surface area contributed by atoms with Crippen molar-refractivity contribution in [2.24, 2.45) is 0 Å². The SMILES string of the molecule is [C](=C=Cc1ccccc1)c1ccccc1. The summed E-state index contributed by atoms with van der Waals surface area (Å²) in [5, 5.41) is 0. The van der Waals surface area contributed by atoms with Crippen LogP contribution in [0, 0.1) is 6.08 Å². The summed E-state index contributed by atoms with van der Waals surface area (Å²) in [5.74, 6) is 0. The molecule has 0 amide bonds. The van der Waals surface area contributed by atoms with E-state index in [9.17, 15) is 0 Å². The standard InChI is InChI=1S/C15H11/c1-3-8-14(9-4-1)12-7-13-15-10-5-2-6-11-15/h1-6,8-12H. The van der Waals surface area contributed by atoms with E-state index in [1.54, 1.807) is 0 Å². The average molecular weight is 191 g/mol. The lowest BCUT2D eigenvalue weighted by Crippen LogP contribution is -1.69. The van der Waals surface area contributed by atoms with E-state index in [1.807, 2.05) is 66.7 Å². The van der Waals surface area contributed by atoms with Gasteiger partial charge in [-0.3, -0.25) is 0 Å². The van der Waals surface area contributed by atoms with Crippen molar-refractivity contribution in [2.75, 3.05) is 0 Å². The van der Waals surface area contributed by atoms with E-state index in [0.717, 1.165) is 11.1 Å². The van der Waals surface area contributed by atoms with Crippen molar-refractivity contribution in [3.63, 3.8) is 0 Å². The molecule has 0 aromatic heterocycles. The van der Waals surface area contributed by atoms with Gasteiger partial charge in [-0.25, -0.2) is 0 Å². The van der Waals surface area contributed by atoms with Crippen LogP contribution in [0.2, 0.25) is 0 Å². The van der Waals surface area contributed by atoms with Gasteiger partial charge in [0.05, 0.1) is 0 Å². The van der Waals surface area contributed by atoms with Gasteiger partial charge in [0.25, 0.3) is 0 Å². The Hall–Kier alpha value is -2.04. The number of hydrogen-bond acceptors (Lipinski definition) is 0. The van der Waals surface area contributed by atoms with Gasteiger partial charge in [0.2, 0.25) is 0 Å². The molecule has 0 spiro atoms. The molecule has 0 unspecified atom stereocenters. The lowest BCUT2D eigenvalue weighted by atomic mass is 10.2. The van der Waals surface area contributed by atoms with Crippen LogP contribution in [0.3, 0.4) is 0 Å². The summed E-state index contributed by atoms with van der Waals surface area (Å²) in [6.45, 7) is 0. The molecule has 0 nitrogen and oxygen atoms in total. The molecule has 15 heavy (non-hydrogen) atoms.